The lowest BCUT2D eigenvalue weighted by molar-refractivity contribution is -0.127. The zero-order valence-corrected chi connectivity index (χ0v) is 9.54. The number of nitrogens with one attached hydrogen (secondary N) is 1. The van der Waals surface area contributed by atoms with E-state index in [0.29, 0.717) is 17.3 Å². The SMILES string of the molecule is CCNC(=O)[C@H](C)Oc1cccc(Cl)c1. The van der Waals surface area contributed by atoms with Crippen molar-refractivity contribution in [2.45, 2.75) is 20.0 Å². The van der Waals surface area contributed by atoms with E-state index in [4.69, 9.17) is 16.3 Å². The van der Waals surface area contributed by atoms with Crippen LogP contribution < -0.4 is 10.1 Å². The molecular formula is C11H14ClNO2. The van der Waals surface area contributed by atoms with Gasteiger partial charge in [-0.3, -0.25) is 4.79 Å². The maximum absolute atomic E-state index is 11.4. The Morgan fingerprint density at radius 2 is 2.33 bits per heavy atom. The molecule has 0 bridgehead atoms. The van der Waals surface area contributed by atoms with Crippen LogP contribution >= 0.6 is 11.6 Å². The Kier molecular flexibility index (Phi) is 4.43. The van der Waals surface area contributed by atoms with Gasteiger partial charge in [0.25, 0.3) is 5.91 Å². The minimum absolute atomic E-state index is 0.127. The van der Waals surface area contributed by atoms with Crippen molar-refractivity contribution in [2.75, 3.05) is 6.54 Å². The highest BCUT2D eigenvalue weighted by atomic mass is 35.5. The average Bonchev–Trinajstić information content (AvgIpc) is 2.18. The van der Waals surface area contributed by atoms with Crippen molar-refractivity contribution < 1.29 is 9.53 Å². The third-order valence-electron chi connectivity index (χ3n) is 1.83. The van der Waals surface area contributed by atoms with Gasteiger partial charge in [0.1, 0.15) is 5.75 Å². The average molecular weight is 228 g/mol. The van der Waals surface area contributed by atoms with Gasteiger partial charge in [-0.1, -0.05) is 17.7 Å². The Labute approximate surface area is 94.4 Å². The number of halogens is 1. The minimum Gasteiger partial charge on any atom is -0.481 e. The molecule has 0 fully saturated rings. The van der Waals surface area contributed by atoms with Gasteiger partial charge in [-0.15, -0.1) is 0 Å². The van der Waals surface area contributed by atoms with Crippen LogP contribution in [-0.4, -0.2) is 18.6 Å². The zero-order chi connectivity index (χ0) is 11.3. The van der Waals surface area contributed by atoms with Gasteiger partial charge >= 0.3 is 0 Å². The molecule has 0 spiro atoms. The summed E-state index contributed by atoms with van der Waals surface area (Å²) in [6.45, 7) is 4.16. The Morgan fingerprint density at radius 3 is 2.93 bits per heavy atom. The molecule has 0 radical (unpaired) electrons. The molecule has 3 nitrogen and oxygen atoms in total. The molecule has 0 heterocycles. The lowest BCUT2D eigenvalue weighted by Crippen LogP contribution is -2.36. The van der Waals surface area contributed by atoms with E-state index in [-0.39, 0.29) is 5.91 Å². The van der Waals surface area contributed by atoms with E-state index in [9.17, 15) is 4.79 Å². The second-order valence-electron chi connectivity index (χ2n) is 3.11. The van der Waals surface area contributed by atoms with E-state index in [1.54, 1.807) is 31.2 Å². The van der Waals surface area contributed by atoms with E-state index >= 15 is 0 Å². The Morgan fingerprint density at radius 1 is 1.60 bits per heavy atom. The smallest absolute Gasteiger partial charge is 0.260 e. The first-order valence-corrected chi connectivity index (χ1v) is 5.21. The van der Waals surface area contributed by atoms with Crippen LogP contribution in [0.1, 0.15) is 13.8 Å². The Balaban J connectivity index is 2.58. The normalized spacial score (nSPS) is 11.9. The fraction of sp³-hybridized carbons (Fsp3) is 0.364. The first kappa shape index (κ1) is 11.9. The van der Waals surface area contributed by atoms with Gasteiger partial charge in [-0.05, 0) is 32.0 Å². The van der Waals surface area contributed by atoms with E-state index < -0.39 is 6.10 Å². The maximum atomic E-state index is 11.4. The topological polar surface area (TPSA) is 38.3 Å². The van der Waals surface area contributed by atoms with Crippen molar-refractivity contribution in [3.63, 3.8) is 0 Å². The Hall–Kier alpha value is -1.22. The number of likely N-dealkylation sites (N-methyl/N-ethyl adjacent to an activating group) is 1. The summed E-state index contributed by atoms with van der Waals surface area (Å²) in [6, 6.07) is 6.98. The fourth-order valence-corrected chi connectivity index (χ4v) is 1.30. The third-order valence-corrected chi connectivity index (χ3v) is 2.06. The number of carbonyl (C=O) groups excluding carboxylic acids is 1. The number of carbonyl (C=O) groups is 1. The molecular weight excluding hydrogens is 214 g/mol. The summed E-state index contributed by atoms with van der Waals surface area (Å²) in [7, 11) is 0. The largest absolute Gasteiger partial charge is 0.481 e. The Bertz CT molecular complexity index is 341. The summed E-state index contributed by atoms with van der Waals surface area (Å²) in [5, 5.41) is 3.28. The maximum Gasteiger partial charge on any atom is 0.260 e. The van der Waals surface area contributed by atoms with Crippen molar-refractivity contribution in [3.8, 4) is 5.75 Å². The summed E-state index contributed by atoms with van der Waals surface area (Å²) < 4.78 is 5.41. The first-order valence-electron chi connectivity index (χ1n) is 4.83. The molecule has 1 aromatic carbocycles. The molecule has 1 N–H and O–H groups in total. The molecule has 0 unspecified atom stereocenters. The predicted molar refractivity (Wildman–Crippen MR) is 60.2 cm³/mol. The van der Waals surface area contributed by atoms with Crippen LogP contribution in [0.3, 0.4) is 0 Å². The molecule has 0 saturated carbocycles. The molecule has 4 heteroatoms. The molecule has 0 aromatic heterocycles. The highest BCUT2D eigenvalue weighted by Crippen LogP contribution is 2.18. The van der Waals surface area contributed by atoms with E-state index in [2.05, 4.69) is 5.32 Å². The number of benzene rings is 1. The molecule has 0 aliphatic heterocycles. The summed E-state index contributed by atoms with van der Waals surface area (Å²) in [6.07, 6.45) is -0.511. The summed E-state index contributed by atoms with van der Waals surface area (Å²) in [5.74, 6) is 0.471. The van der Waals surface area contributed by atoms with E-state index in [0.717, 1.165) is 0 Å². The monoisotopic (exact) mass is 227 g/mol. The van der Waals surface area contributed by atoms with Gasteiger partial charge in [0.05, 0.1) is 0 Å². The quantitative estimate of drug-likeness (QED) is 0.857. The molecule has 0 saturated heterocycles. The zero-order valence-electron chi connectivity index (χ0n) is 8.79. The van der Waals surface area contributed by atoms with E-state index in [1.807, 2.05) is 6.92 Å². The van der Waals surface area contributed by atoms with Crippen molar-refractivity contribution in [1.29, 1.82) is 0 Å². The highest BCUT2D eigenvalue weighted by molar-refractivity contribution is 6.30. The minimum atomic E-state index is -0.511. The molecule has 1 rings (SSSR count). The molecule has 1 aromatic rings. The van der Waals surface area contributed by atoms with Gasteiger partial charge in [0.15, 0.2) is 6.10 Å². The van der Waals surface area contributed by atoms with Crippen molar-refractivity contribution in [3.05, 3.63) is 29.3 Å². The van der Waals surface area contributed by atoms with Crippen LogP contribution in [0, 0.1) is 0 Å². The number of amides is 1. The van der Waals surface area contributed by atoms with Crippen LogP contribution in [0.4, 0.5) is 0 Å². The van der Waals surface area contributed by atoms with Gasteiger partial charge in [0.2, 0.25) is 0 Å². The summed E-state index contributed by atoms with van der Waals surface area (Å²) >= 11 is 5.79. The second kappa shape index (κ2) is 5.61. The predicted octanol–water partition coefficient (Wildman–Crippen LogP) is 2.24. The van der Waals surface area contributed by atoms with Crippen LogP contribution in [0.15, 0.2) is 24.3 Å². The molecule has 15 heavy (non-hydrogen) atoms. The van der Waals surface area contributed by atoms with Crippen molar-refractivity contribution >= 4 is 17.5 Å². The first-order chi connectivity index (χ1) is 7.13. The lowest BCUT2D eigenvalue weighted by atomic mass is 10.3. The molecule has 1 atom stereocenters. The summed E-state index contributed by atoms with van der Waals surface area (Å²) in [4.78, 5) is 11.4. The third kappa shape index (κ3) is 3.80. The number of rotatable bonds is 4. The van der Waals surface area contributed by atoms with Crippen LogP contribution in [0.5, 0.6) is 5.75 Å². The van der Waals surface area contributed by atoms with Gasteiger partial charge in [-0.25, -0.2) is 0 Å². The van der Waals surface area contributed by atoms with Gasteiger partial charge < -0.3 is 10.1 Å². The molecule has 0 aliphatic carbocycles. The fourth-order valence-electron chi connectivity index (χ4n) is 1.12. The second-order valence-corrected chi connectivity index (χ2v) is 3.55. The lowest BCUT2D eigenvalue weighted by Gasteiger charge is -2.13. The number of hydrogen-bond acceptors (Lipinski definition) is 2. The highest BCUT2D eigenvalue weighted by Gasteiger charge is 2.13. The van der Waals surface area contributed by atoms with Crippen molar-refractivity contribution in [2.24, 2.45) is 0 Å². The summed E-state index contributed by atoms with van der Waals surface area (Å²) in [5.41, 5.74) is 0. The van der Waals surface area contributed by atoms with E-state index in [1.165, 1.54) is 0 Å². The van der Waals surface area contributed by atoms with Crippen molar-refractivity contribution in [1.82, 2.24) is 5.32 Å². The molecule has 1 amide bonds. The number of hydrogen-bond donors (Lipinski definition) is 1. The molecule has 0 aliphatic rings. The van der Waals surface area contributed by atoms with Crippen LogP contribution in [-0.2, 0) is 4.79 Å². The van der Waals surface area contributed by atoms with Gasteiger partial charge in [-0.2, -0.15) is 0 Å². The van der Waals surface area contributed by atoms with Crippen LogP contribution in [0.2, 0.25) is 5.02 Å². The number of ether oxygens (including phenoxy) is 1. The molecule has 82 valence electrons. The van der Waals surface area contributed by atoms with Crippen LogP contribution in [0.25, 0.3) is 0 Å². The standard InChI is InChI=1S/C11H14ClNO2/c1-3-13-11(14)8(2)15-10-6-4-5-9(12)7-10/h4-8H,3H2,1-2H3,(H,13,14)/t8-/m0/s1. The van der Waals surface area contributed by atoms with Gasteiger partial charge in [0, 0.05) is 11.6 Å².